The Morgan fingerprint density at radius 2 is 1.79 bits per heavy atom. The van der Waals surface area contributed by atoms with Crippen LogP contribution in [0.25, 0.3) is 11.1 Å². The zero-order valence-corrected chi connectivity index (χ0v) is 22.5. The molecule has 0 radical (unpaired) electrons. The Bertz CT molecular complexity index is 1400. The van der Waals surface area contributed by atoms with Crippen molar-refractivity contribution in [2.75, 3.05) is 26.3 Å². The van der Waals surface area contributed by atoms with Gasteiger partial charge in [0.1, 0.15) is 5.82 Å². The van der Waals surface area contributed by atoms with Crippen molar-refractivity contribution in [3.05, 3.63) is 104 Å². The smallest absolute Gasteiger partial charge is 0.335 e. The summed E-state index contributed by atoms with van der Waals surface area (Å²) in [5, 5.41) is 10.6. The molecule has 0 spiro atoms. The molecule has 3 aromatic carbocycles. The molecule has 198 valence electrons. The summed E-state index contributed by atoms with van der Waals surface area (Å²) in [6.07, 6.45) is 3.39. The molecule has 7 heteroatoms. The normalized spacial score (nSPS) is 16.2. The van der Waals surface area contributed by atoms with Crippen LogP contribution in [0.4, 0.5) is 8.78 Å². The molecule has 0 unspecified atom stereocenters. The van der Waals surface area contributed by atoms with Crippen LogP contribution < -0.4 is 0 Å². The van der Waals surface area contributed by atoms with Gasteiger partial charge in [-0.3, -0.25) is 4.39 Å². The highest BCUT2D eigenvalue weighted by atomic mass is 35.5. The minimum Gasteiger partial charge on any atom is -0.478 e. The molecule has 1 heterocycles. The van der Waals surface area contributed by atoms with Gasteiger partial charge in [0.15, 0.2) is 0 Å². The molecule has 1 fully saturated rings. The highest BCUT2D eigenvalue weighted by Gasteiger charge is 2.28. The van der Waals surface area contributed by atoms with E-state index in [0.717, 1.165) is 59.5 Å². The van der Waals surface area contributed by atoms with Crippen LogP contribution in [-0.2, 0) is 12.8 Å². The van der Waals surface area contributed by atoms with Crippen molar-refractivity contribution in [2.24, 2.45) is 5.92 Å². The second kappa shape index (κ2) is 11.6. The number of rotatable bonds is 8. The molecule has 38 heavy (non-hydrogen) atoms. The number of benzene rings is 3. The Morgan fingerprint density at radius 1 is 1.00 bits per heavy atom. The predicted molar refractivity (Wildman–Crippen MR) is 149 cm³/mol. The van der Waals surface area contributed by atoms with Crippen molar-refractivity contribution in [3.8, 4) is 0 Å². The number of nitrogens with zero attached hydrogens (tertiary/aromatic N) is 1. The SMILES string of the molecule is O=C(O)c1ccc2c(c1)CCCC(c1ccc(Cl)cc1Cl)=C2c1ccc(CC2CN(CCCF)C2)c(F)c1. The first-order chi connectivity index (χ1) is 18.3. The Morgan fingerprint density at radius 3 is 2.50 bits per heavy atom. The van der Waals surface area contributed by atoms with E-state index in [-0.39, 0.29) is 18.1 Å². The van der Waals surface area contributed by atoms with Gasteiger partial charge in [-0.25, -0.2) is 9.18 Å². The van der Waals surface area contributed by atoms with E-state index in [0.29, 0.717) is 47.2 Å². The fraction of sp³-hybridized carbons (Fsp3) is 0.323. The van der Waals surface area contributed by atoms with E-state index >= 15 is 4.39 Å². The number of fused-ring (bicyclic) bond motifs is 1. The Labute approximate surface area is 231 Å². The van der Waals surface area contributed by atoms with Gasteiger partial charge in [0.05, 0.1) is 12.2 Å². The third-order valence-electron chi connectivity index (χ3n) is 7.54. The molecule has 1 aliphatic carbocycles. The van der Waals surface area contributed by atoms with E-state index in [1.807, 2.05) is 24.3 Å². The second-order valence-corrected chi connectivity index (χ2v) is 11.0. The molecule has 2 aliphatic rings. The highest BCUT2D eigenvalue weighted by Crippen LogP contribution is 2.43. The van der Waals surface area contributed by atoms with Crippen LogP contribution in [0.3, 0.4) is 0 Å². The molecule has 3 aromatic rings. The number of alkyl halides is 1. The topological polar surface area (TPSA) is 40.5 Å². The summed E-state index contributed by atoms with van der Waals surface area (Å²) in [6, 6.07) is 16.0. The first-order valence-corrected chi connectivity index (χ1v) is 13.7. The van der Waals surface area contributed by atoms with E-state index in [1.54, 1.807) is 30.3 Å². The second-order valence-electron chi connectivity index (χ2n) is 10.2. The van der Waals surface area contributed by atoms with Crippen LogP contribution in [0.5, 0.6) is 0 Å². The summed E-state index contributed by atoms with van der Waals surface area (Å²) in [7, 11) is 0. The molecule has 0 amide bonds. The summed E-state index contributed by atoms with van der Waals surface area (Å²) in [5.74, 6) is -0.865. The average Bonchev–Trinajstić information content (AvgIpc) is 3.05. The first kappa shape index (κ1) is 26.9. The van der Waals surface area contributed by atoms with Gasteiger partial charge in [-0.05, 0) is 107 Å². The summed E-state index contributed by atoms with van der Waals surface area (Å²) in [6.45, 7) is 2.17. The maximum Gasteiger partial charge on any atom is 0.335 e. The lowest BCUT2D eigenvalue weighted by Crippen LogP contribution is -2.48. The first-order valence-electron chi connectivity index (χ1n) is 13.0. The van der Waals surface area contributed by atoms with Gasteiger partial charge >= 0.3 is 5.97 Å². The van der Waals surface area contributed by atoms with Crippen LogP contribution >= 0.6 is 23.2 Å². The molecule has 0 bridgehead atoms. The van der Waals surface area contributed by atoms with Gasteiger partial charge in [-0.15, -0.1) is 0 Å². The van der Waals surface area contributed by atoms with Crippen molar-refractivity contribution in [3.63, 3.8) is 0 Å². The maximum atomic E-state index is 15.5. The number of carbonyl (C=O) groups is 1. The third kappa shape index (κ3) is 5.66. The van der Waals surface area contributed by atoms with Gasteiger partial charge in [0.25, 0.3) is 0 Å². The maximum absolute atomic E-state index is 15.5. The molecule has 1 saturated heterocycles. The number of hydrogen-bond acceptors (Lipinski definition) is 2. The van der Waals surface area contributed by atoms with Crippen LogP contribution in [0.2, 0.25) is 10.0 Å². The number of halogens is 4. The molecule has 0 aromatic heterocycles. The molecular formula is C31H29Cl2F2NO2. The van der Waals surface area contributed by atoms with Gasteiger partial charge in [0, 0.05) is 29.7 Å². The van der Waals surface area contributed by atoms with Gasteiger partial charge < -0.3 is 10.0 Å². The predicted octanol–water partition coefficient (Wildman–Crippen LogP) is 7.96. The number of carboxylic acids is 1. The lowest BCUT2D eigenvalue weighted by Gasteiger charge is -2.39. The Balaban J connectivity index is 1.55. The lowest BCUT2D eigenvalue weighted by atomic mass is 9.86. The standard InChI is InChI=1S/C31H29Cl2F2NO2/c32-24-8-10-26(28(33)16-24)27-4-1-3-20-14-23(31(37)38)7-9-25(20)30(27)22-6-5-21(29(35)15-22)13-19-17-36(18-19)12-2-11-34/h5-10,14-16,19H,1-4,11-13,17-18H2,(H,37,38). The largest absolute Gasteiger partial charge is 0.478 e. The van der Waals surface area contributed by atoms with Crippen LogP contribution in [0.1, 0.15) is 57.4 Å². The average molecular weight is 556 g/mol. The number of carboxylic acid groups (broad SMARTS) is 1. The van der Waals surface area contributed by atoms with Crippen LogP contribution in [0.15, 0.2) is 54.6 Å². The molecule has 1 aliphatic heterocycles. The van der Waals surface area contributed by atoms with Crippen molar-refractivity contribution >= 4 is 40.3 Å². The summed E-state index contributed by atoms with van der Waals surface area (Å²) >= 11 is 12.8. The van der Waals surface area contributed by atoms with E-state index < -0.39 is 5.97 Å². The van der Waals surface area contributed by atoms with E-state index in [1.165, 1.54) is 0 Å². The zero-order valence-electron chi connectivity index (χ0n) is 21.0. The van der Waals surface area contributed by atoms with E-state index in [4.69, 9.17) is 23.2 Å². The zero-order chi connectivity index (χ0) is 26.8. The van der Waals surface area contributed by atoms with Crippen molar-refractivity contribution in [1.29, 1.82) is 0 Å². The van der Waals surface area contributed by atoms with Crippen LogP contribution in [0, 0.1) is 11.7 Å². The Kier molecular flexibility index (Phi) is 8.18. The quantitative estimate of drug-likeness (QED) is 0.306. The monoisotopic (exact) mass is 555 g/mol. The number of aromatic carboxylic acids is 1. The molecule has 0 saturated carbocycles. The fourth-order valence-corrected chi connectivity index (χ4v) is 6.23. The van der Waals surface area contributed by atoms with Crippen molar-refractivity contribution < 1.29 is 18.7 Å². The minimum absolute atomic E-state index is 0.235. The molecule has 1 N–H and O–H groups in total. The fourth-order valence-electron chi connectivity index (χ4n) is 5.71. The third-order valence-corrected chi connectivity index (χ3v) is 8.09. The number of hydrogen-bond donors (Lipinski definition) is 1. The lowest BCUT2D eigenvalue weighted by molar-refractivity contribution is 0.0696. The van der Waals surface area contributed by atoms with Crippen molar-refractivity contribution in [2.45, 2.75) is 32.1 Å². The Hall–Kier alpha value is -2.73. The molecular weight excluding hydrogens is 527 g/mol. The van der Waals surface area contributed by atoms with Gasteiger partial charge in [-0.2, -0.15) is 0 Å². The number of likely N-dealkylation sites (tertiary alicyclic amines) is 1. The van der Waals surface area contributed by atoms with E-state index in [9.17, 15) is 14.3 Å². The minimum atomic E-state index is -0.974. The molecule has 3 nitrogen and oxygen atoms in total. The number of allylic oxidation sites excluding steroid dienone is 1. The summed E-state index contributed by atoms with van der Waals surface area (Å²) in [5.41, 5.74) is 6.15. The number of aryl methyl sites for hydroxylation is 1. The molecule has 0 atom stereocenters. The highest BCUT2D eigenvalue weighted by molar-refractivity contribution is 6.36. The van der Waals surface area contributed by atoms with Gasteiger partial charge in [-0.1, -0.05) is 47.5 Å². The summed E-state index contributed by atoms with van der Waals surface area (Å²) in [4.78, 5) is 13.9. The van der Waals surface area contributed by atoms with Gasteiger partial charge in [0.2, 0.25) is 0 Å². The summed E-state index contributed by atoms with van der Waals surface area (Å²) < 4.78 is 28.0. The van der Waals surface area contributed by atoms with Crippen LogP contribution in [-0.4, -0.2) is 42.3 Å². The van der Waals surface area contributed by atoms with E-state index in [2.05, 4.69) is 4.90 Å². The molecule has 5 rings (SSSR count). The van der Waals surface area contributed by atoms with Crippen molar-refractivity contribution in [1.82, 2.24) is 4.90 Å².